The molecule has 0 saturated carbocycles. The molecule has 0 spiro atoms. The Labute approximate surface area is 221 Å². The van der Waals surface area contributed by atoms with Gasteiger partial charge in [0.25, 0.3) is 0 Å². The number of rotatable bonds is 7. The zero-order valence-electron chi connectivity index (χ0n) is 21.8. The van der Waals surface area contributed by atoms with E-state index in [4.69, 9.17) is 0 Å². The van der Waals surface area contributed by atoms with E-state index in [0.717, 1.165) is 11.4 Å². The quantitative estimate of drug-likeness (QED) is 0.179. The minimum Gasteiger partial charge on any atom is -0.301 e. The molecule has 5 rings (SSSR count). The fourth-order valence-electron chi connectivity index (χ4n) is 5.07. The molecule has 0 unspecified atom stereocenters. The highest BCUT2D eigenvalue weighted by molar-refractivity contribution is 5.62. The van der Waals surface area contributed by atoms with Crippen molar-refractivity contribution in [1.82, 2.24) is 0 Å². The maximum absolute atomic E-state index is 3.37. The SMILES string of the molecule is CC(C)(C)c1ccc(NNc2ccc(C(c3ccccc3)(c3ccccc3)c3ccccc3)cc2)cc1. The summed E-state index contributed by atoms with van der Waals surface area (Å²) < 4.78 is 0. The Morgan fingerprint density at radius 2 is 0.649 bits per heavy atom. The van der Waals surface area contributed by atoms with Crippen molar-refractivity contribution in [3.63, 3.8) is 0 Å². The molecule has 184 valence electrons. The lowest BCUT2D eigenvalue weighted by atomic mass is 9.65. The van der Waals surface area contributed by atoms with Crippen LogP contribution in [-0.2, 0) is 10.8 Å². The van der Waals surface area contributed by atoms with Gasteiger partial charge < -0.3 is 10.9 Å². The lowest BCUT2D eigenvalue weighted by Crippen LogP contribution is -2.31. The van der Waals surface area contributed by atoms with Gasteiger partial charge in [0.15, 0.2) is 0 Å². The van der Waals surface area contributed by atoms with Gasteiger partial charge in [0.1, 0.15) is 0 Å². The standard InChI is InChI=1S/C35H34N2/c1-34(2,3)27-19-23-32(24-20-27)36-37-33-25-21-31(22-26-33)35(28-13-7-4-8-14-28,29-15-9-5-10-16-29)30-17-11-6-12-18-30/h4-26,36-37H,1-3H3. The van der Waals surface area contributed by atoms with Crippen LogP contribution in [0.3, 0.4) is 0 Å². The van der Waals surface area contributed by atoms with Crippen LogP contribution in [-0.4, -0.2) is 0 Å². The van der Waals surface area contributed by atoms with Crippen LogP contribution in [0.4, 0.5) is 11.4 Å². The summed E-state index contributed by atoms with van der Waals surface area (Å²) >= 11 is 0. The van der Waals surface area contributed by atoms with Crippen LogP contribution in [0.5, 0.6) is 0 Å². The molecule has 0 aromatic heterocycles. The molecule has 5 aromatic rings. The Morgan fingerprint density at radius 1 is 0.351 bits per heavy atom. The second kappa shape index (κ2) is 10.4. The van der Waals surface area contributed by atoms with E-state index < -0.39 is 5.41 Å². The van der Waals surface area contributed by atoms with E-state index in [1.165, 1.54) is 27.8 Å². The summed E-state index contributed by atoms with van der Waals surface area (Å²) in [6.45, 7) is 6.70. The summed E-state index contributed by atoms with van der Waals surface area (Å²) in [5.41, 5.74) is 14.7. The van der Waals surface area contributed by atoms with Crippen LogP contribution in [0.15, 0.2) is 140 Å². The molecule has 2 nitrogen and oxygen atoms in total. The molecule has 2 heteroatoms. The van der Waals surface area contributed by atoms with Crippen molar-refractivity contribution in [2.75, 3.05) is 10.9 Å². The van der Waals surface area contributed by atoms with Crippen molar-refractivity contribution in [1.29, 1.82) is 0 Å². The molecular weight excluding hydrogens is 448 g/mol. The Hall–Kier alpha value is -4.30. The largest absolute Gasteiger partial charge is 0.301 e. The van der Waals surface area contributed by atoms with Gasteiger partial charge in [-0.05, 0) is 57.5 Å². The highest BCUT2D eigenvalue weighted by Crippen LogP contribution is 2.45. The highest BCUT2D eigenvalue weighted by atomic mass is 15.4. The third-order valence-electron chi connectivity index (χ3n) is 7.04. The molecular formula is C35H34N2. The van der Waals surface area contributed by atoms with E-state index in [9.17, 15) is 0 Å². The van der Waals surface area contributed by atoms with Gasteiger partial charge in [-0.3, -0.25) is 0 Å². The molecule has 0 aliphatic rings. The predicted molar refractivity (Wildman–Crippen MR) is 157 cm³/mol. The van der Waals surface area contributed by atoms with Crippen LogP contribution in [0.25, 0.3) is 0 Å². The minimum atomic E-state index is -0.432. The maximum atomic E-state index is 3.37. The number of benzene rings is 5. The molecule has 0 amide bonds. The van der Waals surface area contributed by atoms with E-state index in [-0.39, 0.29) is 5.41 Å². The smallest absolute Gasteiger partial charge is 0.0701 e. The molecule has 0 bridgehead atoms. The third-order valence-corrected chi connectivity index (χ3v) is 7.04. The van der Waals surface area contributed by atoms with E-state index in [2.05, 4.69) is 171 Å². The number of hydrazine groups is 1. The zero-order chi connectivity index (χ0) is 25.7. The van der Waals surface area contributed by atoms with E-state index in [1.807, 2.05) is 0 Å². The third kappa shape index (κ3) is 5.01. The number of nitrogens with one attached hydrogen (secondary N) is 2. The molecule has 2 N–H and O–H groups in total. The molecule has 0 fully saturated rings. The Morgan fingerprint density at radius 3 is 0.973 bits per heavy atom. The van der Waals surface area contributed by atoms with Gasteiger partial charge >= 0.3 is 0 Å². The average Bonchev–Trinajstić information content (AvgIpc) is 2.95. The summed E-state index contributed by atoms with van der Waals surface area (Å²) in [4.78, 5) is 0. The fraction of sp³-hybridized carbons (Fsp3) is 0.143. The summed E-state index contributed by atoms with van der Waals surface area (Å²) in [6, 6.07) is 49.7. The van der Waals surface area contributed by atoms with Gasteiger partial charge in [-0.15, -0.1) is 0 Å². The summed E-state index contributed by atoms with van der Waals surface area (Å²) in [6.07, 6.45) is 0. The van der Waals surface area contributed by atoms with Crippen LogP contribution in [0.1, 0.15) is 48.6 Å². The first kappa shape index (κ1) is 24.4. The Balaban J connectivity index is 1.51. The fourth-order valence-corrected chi connectivity index (χ4v) is 5.07. The first-order chi connectivity index (χ1) is 18.0. The van der Waals surface area contributed by atoms with Gasteiger partial charge in [-0.25, -0.2) is 0 Å². The van der Waals surface area contributed by atoms with Gasteiger partial charge in [0, 0.05) is 0 Å². The van der Waals surface area contributed by atoms with Crippen molar-refractivity contribution >= 4 is 11.4 Å². The summed E-state index contributed by atoms with van der Waals surface area (Å²) in [5.74, 6) is 0. The van der Waals surface area contributed by atoms with Gasteiger partial charge in [0.2, 0.25) is 0 Å². The second-order valence-electron chi connectivity index (χ2n) is 10.5. The monoisotopic (exact) mass is 482 g/mol. The first-order valence-electron chi connectivity index (χ1n) is 12.9. The Bertz CT molecular complexity index is 1300. The predicted octanol–water partition coefficient (Wildman–Crippen LogP) is 8.81. The molecule has 0 radical (unpaired) electrons. The minimum absolute atomic E-state index is 0.143. The summed E-state index contributed by atoms with van der Waals surface area (Å²) in [5, 5.41) is 0. The van der Waals surface area contributed by atoms with E-state index in [1.54, 1.807) is 0 Å². The molecule has 0 saturated heterocycles. The van der Waals surface area contributed by atoms with Gasteiger partial charge in [0.05, 0.1) is 16.8 Å². The van der Waals surface area contributed by atoms with Crippen molar-refractivity contribution in [2.45, 2.75) is 31.6 Å². The normalized spacial score (nSPS) is 11.6. The summed E-state index contributed by atoms with van der Waals surface area (Å²) in [7, 11) is 0. The lowest BCUT2D eigenvalue weighted by Gasteiger charge is -2.37. The number of hydrogen-bond acceptors (Lipinski definition) is 2. The molecule has 5 aromatic carbocycles. The van der Waals surface area contributed by atoms with Crippen LogP contribution in [0, 0.1) is 0 Å². The van der Waals surface area contributed by atoms with Crippen molar-refractivity contribution in [3.05, 3.63) is 167 Å². The highest BCUT2D eigenvalue weighted by Gasteiger charge is 2.38. The topological polar surface area (TPSA) is 24.1 Å². The lowest BCUT2D eigenvalue weighted by molar-refractivity contribution is 0.590. The van der Waals surface area contributed by atoms with E-state index in [0.29, 0.717) is 0 Å². The van der Waals surface area contributed by atoms with Crippen molar-refractivity contribution < 1.29 is 0 Å². The van der Waals surface area contributed by atoms with Crippen molar-refractivity contribution in [3.8, 4) is 0 Å². The second-order valence-corrected chi connectivity index (χ2v) is 10.5. The van der Waals surface area contributed by atoms with Crippen LogP contribution < -0.4 is 10.9 Å². The van der Waals surface area contributed by atoms with Gasteiger partial charge in [-0.1, -0.05) is 136 Å². The van der Waals surface area contributed by atoms with Crippen molar-refractivity contribution in [2.24, 2.45) is 0 Å². The first-order valence-corrected chi connectivity index (χ1v) is 12.9. The van der Waals surface area contributed by atoms with E-state index >= 15 is 0 Å². The molecule has 0 heterocycles. The molecule has 37 heavy (non-hydrogen) atoms. The van der Waals surface area contributed by atoms with Crippen LogP contribution in [0.2, 0.25) is 0 Å². The average molecular weight is 483 g/mol. The van der Waals surface area contributed by atoms with Gasteiger partial charge in [-0.2, -0.15) is 0 Å². The number of hydrogen-bond donors (Lipinski definition) is 2. The number of anilines is 2. The van der Waals surface area contributed by atoms with Crippen LogP contribution >= 0.6 is 0 Å². The molecule has 0 aliphatic carbocycles. The zero-order valence-corrected chi connectivity index (χ0v) is 21.8. The molecule has 0 aliphatic heterocycles. The maximum Gasteiger partial charge on any atom is 0.0701 e. The Kier molecular flexibility index (Phi) is 6.83. The molecule has 0 atom stereocenters.